The molecule has 0 aliphatic carbocycles. The van der Waals surface area contributed by atoms with Crippen LogP contribution in [0.1, 0.15) is 27.7 Å². The summed E-state index contributed by atoms with van der Waals surface area (Å²) < 4.78 is 8.25. The molecule has 0 radical (unpaired) electrons. The van der Waals surface area contributed by atoms with E-state index < -0.39 is 0 Å². The monoisotopic (exact) mass is 256 g/mol. The van der Waals surface area contributed by atoms with Crippen LogP contribution >= 0.6 is 0 Å². The van der Waals surface area contributed by atoms with Crippen LogP contribution in [-0.2, 0) is 23.7 Å². The molecule has 5 nitrogen and oxygen atoms in total. The van der Waals surface area contributed by atoms with Crippen molar-refractivity contribution < 1.29 is 34.0 Å². The first-order valence-electron chi connectivity index (χ1n) is 5.07. The van der Waals surface area contributed by atoms with E-state index in [2.05, 4.69) is 5.32 Å². The predicted octanol–water partition coefficient (Wildman–Crippen LogP) is 0.573. The van der Waals surface area contributed by atoms with Crippen molar-refractivity contribution in [3.05, 3.63) is 0 Å². The fourth-order valence-electron chi connectivity index (χ4n) is 0.543. The van der Waals surface area contributed by atoms with E-state index in [4.69, 9.17) is 13.6 Å². The van der Waals surface area contributed by atoms with Crippen LogP contribution in [0.4, 0.5) is 0 Å². The number of likely N-dealkylation sites (N-methyl/N-ethyl adjacent to an activating group) is 2. The van der Waals surface area contributed by atoms with Crippen molar-refractivity contribution in [3.63, 3.8) is 0 Å². The SMILES string of the molecule is CC(C)O.CCNCCN(O)CC.[O]=[Ti]. The molecule has 0 saturated heterocycles. The third-order valence-electron chi connectivity index (χ3n) is 1.16. The fourth-order valence-corrected chi connectivity index (χ4v) is 0.543. The Balaban J connectivity index is -0.000000202. The number of rotatable bonds is 5. The topological polar surface area (TPSA) is 72.8 Å². The van der Waals surface area contributed by atoms with Gasteiger partial charge in [-0.1, -0.05) is 13.8 Å². The second-order valence-electron chi connectivity index (χ2n) is 2.99. The van der Waals surface area contributed by atoms with E-state index in [0.29, 0.717) is 13.1 Å². The van der Waals surface area contributed by atoms with E-state index in [9.17, 15) is 0 Å². The Bertz CT molecular complexity index is 105. The Morgan fingerprint density at radius 1 is 1.33 bits per heavy atom. The molecule has 0 aliphatic rings. The number of hydrogen-bond donors (Lipinski definition) is 3. The Hall–Kier alpha value is 0.354. The van der Waals surface area contributed by atoms with Gasteiger partial charge in [-0.3, -0.25) is 0 Å². The van der Waals surface area contributed by atoms with E-state index >= 15 is 0 Å². The van der Waals surface area contributed by atoms with E-state index in [-0.39, 0.29) is 6.10 Å². The molecule has 0 heterocycles. The number of hydroxylamine groups is 2. The Labute approximate surface area is 105 Å². The molecule has 0 aromatic heterocycles. The van der Waals surface area contributed by atoms with Crippen LogP contribution in [-0.4, -0.2) is 47.7 Å². The van der Waals surface area contributed by atoms with Gasteiger partial charge in [0.05, 0.1) is 0 Å². The normalized spacial score (nSPS) is 9.00. The van der Waals surface area contributed by atoms with Gasteiger partial charge in [-0.2, -0.15) is 5.06 Å². The van der Waals surface area contributed by atoms with Gasteiger partial charge in [0.1, 0.15) is 0 Å². The molecule has 0 aliphatic heterocycles. The predicted molar refractivity (Wildman–Crippen MR) is 55.6 cm³/mol. The zero-order valence-corrected chi connectivity index (χ0v) is 11.7. The van der Waals surface area contributed by atoms with Crippen molar-refractivity contribution in [2.75, 3.05) is 26.2 Å². The summed E-state index contributed by atoms with van der Waals surface area (Å²) >= 11 is 0.750. The number of nitrogens with one attached hydrogen (secondary N) is 1. The van der Waals surface area contributed by atoms with E-state index in [0.717, 1.165) is 33.5 Å². The molecule has 0 amide bonds. The van der Waals surface area contributed by atoms with Crippen molar-refractivity contribution in [1.82, 2.24) is 10.4 Å². The summed E-state index contributed by atoms with van der Waals surface area (Å²) in [7, 11) is 0. The molecule has 0 saturated carbocycles. The van der Waals surface area contributed by atoms with Crippen molar-refractivity contribution in [3.8, 4) is 0 Å². The molecule has 15 heavy (non-hydrogen) atoms. The molecule has 0 bridgehead atoms. The van der Waals surface area contributed by atoms with Gasteiger partial charge >= 0.3 is 23.7 Å². The molecule has 0 aromatic rings. The quantitative estimate of drug-likeness (QED) is 0.381. The maximum atomic E-state index is 8.88. The van der Waals surface area contributed by atoms with Crippen molar-refractivity contribution in [1.29, 1.82) is 0 Å². The minimum absolute atomic E-state index is 0.167. The van der Waals surface area contributed by atoms with E-state index in [1.807, 2.05) is 13.8 Å². The van der Waals surface area contributed by atoms with Crippen molar-refractivity contribution in [2.45, 2.75) is 33.8 Å². The summed E-state index contributed by atoms with van der Waals surface area (Å²) in [5.74, 6) is 0. The van der Waals surface area contributed by atoms with Crippen LogP contribution in [0.25, 0.3) is 0 Å². The van der Waals surface area contributed by atoms with Crippen LogP contribution in [0.15, 0.2) is 0 Å². The van der Waals surface area contributed by atoms with Gasteiger partial charge in [0.2, 0.25) is 0 Å². The summed E-state index contributed by atoms with van der Waals surface area (Å²) in [4.78, 5) is 0. The van der Waals surface area contributed by atoms with Gasteiger partial charge in [-0.25, -0.2) is 0 Å². The molecule has 0 spiro atoms. The van der Waals surface area contributed by atoms with Gasteiger partial charge < -0.3 is 15.6 Å². The van der Waals surface area contributed by atoms with Gasteiger partial charge in [-0.05, 0) is 20.4 Å². The van der Waals surface area contributed by atoms with Crippen molar-refractivity contribution in [2.24, 2.45) is 0 Å². The molecule has 3 N–H and O–H groups in total. The molecule has 6 heteroatoms. The van der Waals surface area contributed by atoms with E-state index in [1.54, 1.807) is 13.8 Å². The molecular formula is C9H24N2O3Ti. The first kappa shape index (κ1) is 20.7. The minimum atomic E-state index is -0.167. The summed E-state index contributed by atoms with van der Waals surface area (Å²) in [6.07, 6.45) is -0.167. The van der Waals surface area contributed by atoms with Gasteiger partial charge in [0.15, 0.2) is 0 Å². The Morgan fingerprint density at radius 3 is 2.00 bits per heavy atom. The standard InChI is InChI=1S/C6H16N2O.C3H8O.O.Ti/c1-3-7-5-6-8(9)4-2;1-3(2)4;;/h7,9H,3-6H2,1-2H3;3-4H,1-2H3;;. The zero-order chi connectivity index (χ0) is 12.7. The van der Waals surface area contributed by atoms with Gasteiger partial charge in [-0.15, -0.1) is 0 Å². The maximum absolute atomic E-state index is 8.88. The molecule has 0 aromatic carbocycles. The second-order valence-corrected chi connectivity index (χ2v) is 2.99. The molecule has 0 fully saturated rings. The molecular weight excluding hydrogens is 232 g/mol. The second kappa shape index (κ2) is 19.9. The molecule has 0 atom stereocenters. The fraction of sp³-hybridized carbons (Fsp3) is 1.00. The average Bonchev–Trinajstić information content (AvgIpc) is 2.20. The third kappa shape index (κ3) is 40.5. The van der Waals surface area contributed by atoms with Crippen LogP contribution in [0.5, 0.6) is 0 Å². The summed E-state index contributed by atoms with van der Waals surface area (Å²) in [5, 5.41) is 21.3. The van der Waals surface area contributed by atoms with Gasteiger partial charge in [0.25, 0.3) is 0 Å². The molecule has 0 unspecified atom stereocenters. The van der Waals surface area contributed by atoms with Crippen LogP contribution in [0, 0.1) is 0 Å². The van der Waals surface area contributed by atoms with E-state index in [1.165, 1.54) is 5.06 Å². The summed E-state index contributed by atoms with van der Waals surface area (Å²) in [6.45, 7) is 10.7. The first-order valence-corrected chi connectivity index (χ1v) is 5.71. The summed E-state index contributed by atoms with van der Waals surface area (Å²) in [6, 6.07) is 0. The number of nitrogens with zero attached hydrogens (tertiary/aromatic N) is 1. The molecule has 92 valence electrons. The first-order chi connectivity index (χ1) is 7.04. The Kier molecular flexibility index (Phi) is 27.4. The number of hydrogen-bond acceptors (Lipinski definition) is 5. The summed E-state index contributed by atoms with van der Waals surface area (Å²) in [5.41, 5.74) is 0. The van der Waals surface area contributed by atoms with Crippen LogP contribution in [0.2, 0.25) is 0 Å². The van der Waals surface area contributed by atoms with Crippen LogP contribution < -0.4 is 5.32 Å². The van der Waals surface area contributed by atoms with Crippen LogP contribution in [0.3, 0.4) is 0 Å². The number of aliphatic hydroxyl groups excluding tert-OH is 1. The third-order valence-corrected chi connectivity index (χ3v) is 1.16. The Morgan fingerprint density at radius 2 is 1.73 bits per heavy atom. The zero-order valence-electron chi connectivity index (χ0n) is 10.2. The average molecular weight is 256 g/mol. The van der Waals surface area contributed by atoms with Crippen molar-refractivity contribution >= 4 is 0 Å². The molecule has 0 rings (SSSR count). The number of aliphatic hydroxyl groups is 1. The van der Waals surface area contributed by atoms with Gasteiger partial charge in [0, 0.05) is 25.7 Å².